The molecule has 118 valence electrons. The third-order valence-corrected chi connectivity index (χ3v) is 4.45. The van der Waals surface area contributed by atoms with E-state index < -0.39 is 18.2 Å². The van der Waals surface area contributed by atoms with E-state index in [0.717, 1.165) is 0 Å². The molecule has 1 heterocycles. The van der Waals surface area contributed by atoms with Crippen molar-refractivity contribution in [3.05, 3.63) is 30.1 Å². The van der Waals surface area contributed by atoms with E-state index in [1.165, 1.54) is 0 Å². The summed E-state index contributed by atoms with van der Waals surface area (Å²) in [5, 5.41) is 10.5. The minimum atomic E-state index is -4.12. The van der Waals surface area contributed by atoms with E-state index in [-0.39, 0.29) is 31.2 Å². The van der Waals surface area contributed by atoms with Crippen LogP contribution >= 0.6 is 0 Å². The maximum Gasteiger partial charge on any atom is 0.391 e. The highest BCUT2D eigenvalue weighted by Gasteiger charge is 2.43. The molecule has 1 aliphatic carbocycles. The fourth-order valence-corrected chi connectivity index (χ4v) is 3.15. The van der Waals surface area contributed by atoms with Crippen molar-refractivity contribution < 1.29 is 18.3 Å². The van der Waals surface area contributed by atoms with E-state index in [1.807, 2.05) is 6.07 Å². The molecule has 1 aromatic heterocycles. The molecule has 21 heavy (non-hydrogen) atoms. The molecule has 1 aliphatic rings. The summed E-state index contributed by atoms with van der Waals surface area (Å²) in [6.07, 6.45) is -2.28. The number of rotatable bonds is 4. The Kier molecular flexibility index (Phi) is 5.22. The van der Waals surface area contributed by atoms with Gasteiger partial charge in [0.05, 0.1) is 12.0 Å². The summed E-state index contributed by atoms with van der Waals surface area (Å²) in [6.45, 7) is 0.234. The molecule has 2 atom stereocenters. The molecular formula is C15H21F3N2O. The van der Waals surface area contributed by atoms with Gasteiger partial charge < -0.3 is 10.8 Å². The third kappa shape index (κ3) is 3.95. The van der Waals surface area contributed by atoms with Gasteiger partial charge in [-0.3, -0.25) is 4.98 Å². The van der Waals surface area contributed by atoms with Crippen LogP contribution in [0.15, 0.2) is 24.4 Å². The van der Waals surface area contributed by atoms with E-state index in [2.05, 4.69) is 4.98 Å². The Labute approximate surface area is 122 Å². The van der Waals surface area contributed by atoms with Gasteiger partial charge in [-0.15, -0.1) is 0 Å². The highest BCUT2D eigenvalue weighted by molar-refractivity contribution is 5.12. The number of aliphatic hydroxyl groups excluding tert-OH is 1. The predicted octanol–water partition coefficient (Wildman–Crippen LogP) is 2.85. The van der Waals surface area contributed by atoms with Crippen molar-refractivity contribution >= 4 is 0 Å². The molecule has 1 saturated carbocycles. The molecule has 0 spiro atoms. The first-order valence-corrected chi connectivity index (χ1v) is 7.29. The molecule has 1 fully saturated rings. The molecule has 2 unspecified atom stereocenters. The Morgan fingerprint density at radius 3 is 2.38 bits per heavy atom. The van der Waals surface area contributed by atoms with Gasteiger partial charge in [0.15, 0.2) is 0 Å². The molecule has 0 saturated heterocycles. The molecule has 1 aromatic rings. The Hall–Kier alpha value is -1.14. The quantitative estimate of drug-likeness (QED) is 0.899. The molecular weight excluding hydrogens is 281 g/mol. The molecule has 0 radical (unpaired) electrons. The number of aliphatic hydroxyl groups is 1. The molecule has 3 nitrogen and oxygen atoms in total. The third-order valence-electron chi connectivity index (χ3n) is 4.45. The van der Waals surface area contributed by atoms with Crippen LogP contribution in [0.5, 0.6) is 0 Å². The number of halogens is 3. The van der Waals surface area contributed by atoms with Crippen LogP contribution in [0.1, 0.15) is 37.3 Å². The second-order valence-corrected chi connectivity index (χ2v) is 5.74. The number of hydrogen-bond acceptors (Lipinski definition) is 3. The standard InChI is InChI=1S/C15H21F3N2O/c16-15(17,18)11-6-4-10(5-7-11)14(21)12(9-19)13-3-1-2-8-20-13/h1-3,8,10-12,14,21H,4-7,9,19H2. The normalized spacial score (nSPS) is 26.3. The first-order chi connectivity index (χ1) is 9.93. The van der Waals surface area contributed by atoms with Crippen molar-refractivity contribution in [1.82, 2.24) is 4.98 Å². The van der Waals surface area contributed by atoms with Gasteiger partial charge in [-0.1, -0.05) is 6.07 Å². The van der Waals surface area contributed by atoms with Crippen LogP contribution in [-0.2, 0) is 0 Å². The van der Waals surface area contributed by atoms with Crippen molar-refractivity contribution in [3.8, 4) is 0 Å². The number of nitrogens with zero attached hydrogens (tertiary/aromatic N) is 1. The highest BCUT2D eigenvalue weighted by Crippen LogP contribution is 2.42. The zero-order valence-corrected chi connectivity index (χ0v) is 11.8. The fraction of sp³-hybridized carbons (Fsp3) is 0.667. The molecule has 3 N–H and O–H groups in total. The summed E-state index contributed by atoms with van der Waals surface area (Å²) in [5.41, 5.74) is 6.43. The van der Waals surface area contributed by atoms with Crippen LogP contribution in [0.2, 0.25) is 0 Å². The Morgan fingerprint density at radius 1 is 1.24 bits per heavy atom. The minimum Gasteiger partial charge on any atom is -0.392 e. The minimum absolute atomic E-state index is 0.0880. The molecule has 0 aliphatic heterocycles. The maximum absolute atomic E-state index is 12.7. The first kappa shape index (κ1) is 16.2. The van der Waals surface area contributed by atoms with E-state index in [0.29, 0.717) is 18.5 Å². The Bertz CT molecular complexity index is 430. The van der Waals surface area contributed by atoms with Crippen molar-refractivity contribution in [2.24, 2.45) is 17.6 Å². The second-order valence-electron chi connectivity index (χ2n) is 5.74. The maximum atomic E-state index is 12.7. The topological polar surface area (TPSA) is 59.1 Å². The van der Waals surface area contributed by atoms with Gasteiger partial charge in [0, 0.05) is 24.4 Å². The number of nitrogens with two attached hydrogens (primary N) is 1. The van der Waals surface area contributed by atoms with Gasteiger partial charge in [0.1, 0.15) is 0 Å². The lowest BCUT2D eigenvalue weighted by molar-refractivity contribution is -0.186. The average Bonchev–Trinajstić information content (AvgIpc) is 2.48. The van der Waals surface area contributed by atoms with Crippen LogP contribution < -0.4 is 5.73 Å². The number of pyridine rings is 1. The molecule has 0 bridgehead atoms. The van der Waals surface area contributed by atoms with Gasteiger partial charge in [-0.25, -0.2) is 0 Å². The summed E-state index contributed by atoms with van der Waals surface area (Å²) in [4.78, 5) is 4.20. The lowest BCUT2D eigenvalue weighted by Gasteiger charge is -2.35. The van der Waals surface area contributed by atoms with E-state index >= 15 is 0 Å². The summed E-state index contributed by atoms with van der Waals surface area (Å²) < 4.78 is 38.0. The summed E-state index contributed by atoms with van der Waals surface area (Å²) in [7, 11) is 0. The number of alkyl halides is 3. The lowest BCUT2D eigenvalue weighted by atomic mass is 9.75. The van der Waals surface area contributed by atoms with E-state index in [4.69, 9.17) is 5.73 Å². The van der Waals surface area contributed by atoms with Crippen molar-refractivity contribution in [2.75, 3.05) is 6.54 Å². The Balaban J connectivity index is 1.99. The molecule has 6 heteroatoms. The van der Waals surface area contributed by atoms with Gasteiger partial charge in [-0.2, -0.15) is 13.2 Å². The SMILES string of the molecule is NCC(c1ccccn1)C(O)C1CCC(C(F)(F)F)CC1. The fourth-order valence-electron chi connectivity index (χ4n) is 3.15. The van der Waals surface area contributed by atoms with Crippen LogP contribution in [-0.4, -0.2) is 28.9 Å². The number of hydrogen-bond donors (Lipinski definition) is 2. The van der Waals surface area contributed by atoms with Gasteiger partial charge in [0.2, 0.25) is 0 Å². The molecule has 0 amide bonds. The van der Waals surface area contributed by atoms with E-state index in [1.54, 1.807) is 18.3 Å². The average molecular weight is 302 g/mol. The second kappa shape index (κ2) is 6.75. The van der Waals surface area contributed by atoms with Crippen molar-refractivity contribution in [3.63, 3.8) is 0 Å². The largest absolute Gasteiger partial charge is 0.392 e. The van der Waals surface area contributed by atoms with Gasteiger partial charge >= 0.3 is 6.18 Å². The lowest BCUT2D eigenvalue weighted by Crippen LogP contribution is -2.37. The van der Waals surface area contributed by atoms with Crippen molar-refractivity contribution in [1.29, 1.82) is 0 Å². The van der Waals surface area contributed by atoms with E-state index in [9.17, 15) is 18.3 Å². The zero-order chi connectivity index (χ0) is 15.5. The van der Waals surface area contributed by atoms with Gasteiger partial charge in [0.25, 0.3) is 0 Å². The summed E-state index contributed by atoms with van der Waals surface area (Å²) in [6, 6.07) is 5.39. The monoisotopic (exact) mass is 302 g/mol. The Morgan fingerprint density at radius 2 is 1.90 bits per heavy atom. The predicted molar refractivity (Wildman–Crippen MR) is 73.5 cm³/mol. The molecule has 0 aromatic carbocycles. The van der Waals surface area contributed by atoms with Crippen LogP contribution in [0, 0.1) is 11.8 Å². The van der Waals surface area contributed by atoms with Crippen molar-refractivity contribution in [2.45, 2.75) is 43.9 Å². The van der Waals surface area contributed by atoms with Gasteiger partial charge in [-0.05, 0) is 43.7 Å². The summed E-state index contributed by atoms with van der Waals surface area (Å²) >= 11 is 0. The zero-order valence-electron chi connectivity index (χ0n) is 11.8. The molecule has 2 rings (SSSR count). The number of aromatic nitrogens is 1. The van der Waals surface area contributed by atoms with Crippen LogP contribution in [0.25, 0.3) is 0 Å². The first-order valence-electron chi connectivity index (χ1n) is 7.29. The summed E-state index contributed by atoms with van der Waals surface area (Å²) in [5.74, 6) is -1.69. The van der Waals surface area contributed by atoms with Crippen LogP contribution in [0.4, 0.5) is 13.2 Å². The highest BCUT2D eigenvalue weighted by atomic mass is 19.4. The van der Waals surface area contributed by atoms with Crippen LogP contribution in [0.3, 0.4) is 0 Å². The smallest absolute Gasteiger partial charge is 0.391 e.